The molecule has 0 N–H and O–H groups in total. The van der Waals surface area contributed by atoms with Gasteiger partial charge >= 0.3 is 0 Å². The van der Waals surface area contributed by atoms with Crippen LogP contribution in [0.2, 0.25) is 0 Å². The molecule has 1 aromatic carbocycles. The second-order valence-corrected chi connectivity index (χ2v) is 3.97. The van der Waals surface area contributed by atoms with Gasteiger partial charge in [-0.3, -0.25) is 4.48 Å². The van der Waals surface area contributed by atoms with Crippen LogP contribution in [0.1, 0.15) is 5.56 Å². The largest absolute Gasteiger partial charge is 0.290 e. The normalized spacial score (nSPS) is 25.6. The Kier molecular flexibility index (Phi) is 1.97. The third kappa shape index (κ3) is 1.29. The molecule has 0 aromatic heterocycles. The van der Waals surface area contributed by atoms with Gasteiger partial charge in [0, 0.05) is 12.0 Å². The van der Waals surface area contributed by atoms with Crippen LogP contribution in [-0.4, -0.2) is 20.1 Å². The summed E-state index contributed by atoms with van der Waals surface area (Å²) in [6.45, 7) is 6.08. The molecule has 0 bridgehead atoms. The molecule has 0 saturated heterocycles. The molecular weight excluding hydrogens is 158 g/mol. The van der Waals surface area contributed by atoms with Gasteiger partial charge in [-0.1, -0.05) is 24.8 Å². The molecule has 0 amide bonds. The molecule has 13 heavy (non-hydrogen) atoms. The second-order valence-electron chi connectivity index (χ2n) is 3.97. The third-order valence-electron chi connectivity index (χ3n) is 2.98. The fourth-order valence-corrected chi connectivity index (χ4v) is 2.21. The molecule has 68 valence electrons. The van der Waals surface area contributed by atoms with Crippen LogP contribution in [0.5, 0.6) is 0 Å². The molecule has 0 unspecified atom stereocenters. The highest BCUT2D eigenvalue weighted by molar-refractivity contribution is 5.54. The molecule has 0 saturated carbocycles. The first-order chi connectivity index (χ1) is 6.26. The van der Waals surface area contributed by atoms with E-state index in [2.05, 4.69) is 37.9 Å². The van der Waals surface area contributed by atoms with E-state index < -0.39 is 0 Å². The van der Waals surface area contributed by atoms with Crippen molar-refractivity contribution in [1.82, 2.24) is 4.48 Å². The number of likely N-dealkylation sites (N-methyl/N-ethyl adjacent to an activating group) is 1. The maximum Gasteiger partial charge on any atom is 0.136 e. The molecule has 1 aromatic rings. The van der Waals surface area contributed by atoms with Crippen molar-refractivity contribution in [3.8, 4) is 0 Å². The van der Waals surface area contributed by atoms with Gasteiger partial charge in [-0.2, -0.15) is 0 Å². The number of para-hydroxylation sites is 1. The number of nitrogens with zero attached hydrogens (tertiary/aromatic N) is 1. The number of quaternary nitrogens is 1. The maximum absolute atomic E-state index is 3.83. The Hall–Kier alpha value is -1.08. The van der Waals surface area contributed by atoms with Gasteiger partial charge in [0.15, 0.2) is 0 Å². The Morgan fingerprint density at radius 3 is 3.00 bits per heavy atom. The molecule has 0 fully saturated rings. The van der Waals surface area contributed by atoms with Crippen LogP contribution in [0.15, 0.2) is 36.9 Å². The number of fused-ring (bicyclic) bond motifs is 1. The van der Waals surface area contributed by atoms with Crippen molar-refractivity contribution in [3.05, 3.63) is 42.5 Å². The summed E-state index contributed by atoms with van der Waals surface area (Å²) in [5, 5.41) is 0. The zero-order valence-corrected chi connectivity index (χ0v) is 8.16. The Morgan fingerprint density at radius 2 is 2.23 bits per heavy atom. The first-order valence-corrected chi connectivity index (χ1v) is 4.80. The predicted molar refractivity (Wildman–Crippen MR) is 57.8 cm³/mol. The number of hydrogen-bond donors (Lipinski definition) is 0. The molecule has 2 rings (SSSR count). The number of rotatable bonds is 2. The molecular formula is C12H16N+. The van der Waals surface area contributed by atoms with Gasteiger partial charge in [-0.25, -0.2) is 0 Å². The van der Waals surface area contributed by atoms with Gasteiger partial charge in [0.25, 0.3) is 0 Å². The van der Waals surface area contributed by atoms with Crippen LogP contribution in [-0.2, 0) is 6.42 Å². The molecule has 1 aliphatic heterocycles. The van der Waals surface area contributed by atoms with Gasteiger partial charge in [0.05, 0.1) is 13.6 Å². The molecule has 0 radical (unpaired) electrons. The van der Waals surface area contributed by atoms with Crippen molar-refractivity contribution < 1.29 is 0 Å². The van der Waals surface area contributed by atoms with E-state index in [0.717, 1.165) is 11.0 Å². The van der Waals surface area contributed by atoms with E-state index >= 15 is 0 Å². The molecule has 1 heteroatoms. The zero-order chi connectivity index (χ0) is 9.31. The van der Waals surface area contributed by atoms with E-state index in [1.165, 1.54) is 24.2 Å². The van der Waals surface area contributed by atoms with Gasteiger partial charge < -0.3 is 0 Å². The minimum Gasteiger partial charge on any atom is -0.290 e. The lowest BCUT2D eigenvalue weighted by atomic mass is 10.2. The summed E-state index contributed by atoms with van der Waals surface area (Å²) in [4.78, 5) is 0. The highest BCUT2D eigenvalue weighted by Crippen LogP contribution is 2.32. The van der Waals surface area contributed by atoms with Crippen LogP contribution in [0.4, 0.5) is 5.69 Å². The average Bonchev–Trinajstić information content (AvgIpc) is 2.46. The topological polar surface area (TPSA) is 0 Å². The quantitative estimate of drug-likeness (QED) is 0.477. The van der Waals surface area contributed by atoms with Gasteiger partial charge in [-0.15, -0.1) is 0 Å². The summed E-state index contributed by atoms with van der Waals surface area (Å²) in [5.41, 5.74) is 2.98. The second kappa shape index (κ2) is 3.00. The summed E-state index contributed by atoms with van der Waals surface area (Å²) in [7, 11) is 2.29. The van der Waals surface area contributed by atoms with Crippen molar-refractivity contribution in [2.45, 2.75) is 6.42 Å². The smallest absolute Gasteiger partial charge is 0.136 e. The van der Waals surface area contributed by atoms with E-state index in [1.54, 1.807) is 0 Å². The molecule has 0 aliphatic carbocycles. The molecule has 1 atom stereocenters. The molecule has 0 spiro atoms. The SMILES string of the molecule is C=CC[N@+]1(C)CCc2ccccc21. The predicted octanol–water partition coefficient (Wildman–Crippen LogP) is 2.37. The first kappa shape index (κ1) is 8.52. The standard InChI is InChI=1S/C12H16N/c1-3-9-13(2)10-8-11-6-4-5-7-12(11)13/h3-7H,1,8-10H2,2H3/q+1/t13-/m1/s1. The van der Waals surface area contributed by atoms with Crippen molar-refractivity contribution in [3.63, 3.8) is 0 Å². The zero-order valence-electron chi connectivity index (χ0n) is 8.16. The number of benzene rings is 1. The van der Waals surface area contributed by atoms with E-state index in [-0.39, 0.29) is 0 Å². The summed E-state index contributed by atoms with van der Waals surface area (Å²) >= 11 is 0. The Balaban J connectivity index is 2.42. The van der Waals surface area contributed by atoms with E-state index in [4.69, 9.17) is 0 Å². The third-order valence-corrected chi connectivity index (χ3v) is 2.98. The summed E-state index contributed by atoms with van der Waals surface area (Å²) in [6, 6.07) is 8.74. The van der Waals surface area contributed by atoms with E-state index in [0.29, 0.717) is 0 Å². The highest BCUT2D eigenvalue weighted by Gasteiger charge is 2.32. The van der Waals surface area contributed by atoms with Crippen LogP contribution < -0.4 is 4.48 Å². The highest BCUT2D eigenvalue weighted by atomic mass is 15.3. The lowest BCUT2D eigenvalue weighted by Crippen LogP contribution is -2.43. The Morgan fingerprint density at radius 1 is 1.46 bits per heavy atom. The summed E-state index contributed by atoms with van der Waals surface area (Å²) in [5.74, 6) is 0. The Bertz CT molecular complexity index is 330. The lowest BCUT2D eigenvalue weighted by molar-refractivity contribution is 0.394. The molecule has 1 aliphatic rings. The Labute approximate surface area is 79.9 Å². The van der Waals surface area contributed by atoms with Crippen LogP contribution in [0.3, 0.4) is 0 Å². The summed E-state index contributed by atoms with van der Waals surface area (Å²) < 4.78 is 1.03. The maximum atomic E-state index is 3.83. The van der Waals surface area contributed by atoms with Crippen molar-refractivity contribution in [2.24, 2.45) is 0 Å². The van der Waals surface area contributed by atoms with Crippen LogP contribution in [0.25, 0.3) is 0 Å². The van der Waals surface area contributed by atoms with Gasteiger partial charge in [-0.05, 0) is 12.1 Å². The minimum absolute atomic E-state index is 1.03. The van der Waals surface area contributed by atoms with Crippen molar-refractivity contribution in [1.29, 1.82) is 0 Å². The fourth-order valence-electron chi connectivity index (χ4n) is 2.21. The average molecular weight is 174 g/mol. The van der Waals surface area contributed by atoms with Crippen molar-refractivity contribution in [2.75, 3.05) is 20.1 Å². The fraction of sp³-hybridized carbons (Fsp3) is 0.333. The first-order valence-electron chi connectivity index (χ1n) is 4.80. The monoisotopic (exact) mass is 174 g/mol. The van der Waals surface area contributed by atoms with Crippen molar-refractivity contribution >= 4 is 5.69 Å². The number of hydrogen-bond acceptors (Lipinski definition) is 0. The minimum atomic E-state index is 1.03. The molecule has 1 heterocycles. The van der Waals surface area contributed by atoms with Crippen LogP contribution in [0, 0.1) is 0 Å². The van der Waals surface area contributed by atoms with E-state index in [9.17, 15) is 0 Å². The van der Waals surface area contributed by atoms with Gasteiger partial charge in [0.2, 0.25) is 0 Å². The van der Waals surface area contributed by atoms with Crippen LogP contribution >= 0.6 is 0 Å². The van der Waals surface area contributed by atoms with Gasteiger partial charge in [0.1, 0.15) is 12.2 Å². The van der Waals surface area contributed by atoms with E-state index in [1.807, 2.05) is 6.08 Å². The summed E-state index contributed by atoms with van der Waals surface area (Å²) in [6.07, 6.45) is 3.22. The lowest BCUT2D eigenvalue weighted by Gasteiger charge is -2.28. The molecule has 1 nitrogen and oxygen atoms in total.